The van der Waals surface area contributed by atoms with E-state index < -0.39 is 11.4 Å². The molecule has 1 saturated heterocycles. The monoisotopic (exact) mass is 313 g/mol. The lowest BCUT2D eigenvalue weighted by molar-refractivity contribution is 0.0609. The molecule has 0 spiro atoms. The molecule has 2 aromatic rings. The molecule has 3 rings (SSSR count). The Morgan fingerprint density at radius 1 is 1.17 bits per heavy atom. The number of rotatable bonds is 4. The first-order chi connectivity index (χ1) is 11.1. The van der Waals surface area contributed by atoms with Crippen molar-refractivity contribution in [2.24, 2.45) is 5.92 Å². The molecule has 1 aromatic heterocycles. The van der Waals surface area contributed by atoms with Gasteiger partial charge in [-0.2, -0.15) is 0 Å². The summed E-state index contributed by atoms with van der Waals surface area (Å²) in [4.78, 5) is 23.9. The fourth-order valence-electron chi connectivity index (χ4n) is 2.94. The number of hydrogen-bond donors (Lipinski definition) is 1. The number of pyridine rings is 1. The smallest absolute Gasteiger partial charge is 0.341 e. The molecule has 1 aliphatic rings. The van der Waals surface area contributed by atoms with Crippen molar-refractivity contribution in [3.05, 3.63) is 58.5 Å². The van der Waals surface area contributed by atoms with E-state index in [1.807, 2.05) is 34.9 Å². The third-order valence-electron chi connectivity index (χ3n) is 4.20. The molecule has 1 aliphatic heterocycles. The van der Waals surface area contributed by atoms with E-state index in [-0.39, 0.29) is 5.56 Å². The minimum atomic E-state index is -1.19. The SMILES string of the molecule is O=C(O)c1cn(CC2CCOCC2)cc(-c2ccccc2)c1=O. The van der Waals surface area contributed by atoms with Crippen LogP contribution in [0, 0.1) is 5.92 Å². The van der Waals surface area contributed by atoms with E-state index in [1.54, 1.807) is 6.20 Å². The minimum absolute atomic E-state index is 0.182. The minimum Gasteiger partial charge on any atom is -0.477 e. The van der Waals surface area contributed by atoms with E-state index in [9.17, 15) is 14.7 Å². The molecule has 0 atom stereocenters. The lowest BCUT2D eigenvalue weighted by Crippen LogP contribution is -2.24. The molecule has 1 N–H and O–H groups in total. The topological polar surface area (TPSA) is 68.5 Å². The molecule has 5 heteroatoms. The zero-order valence-corrected chi connectivity index (χ0v) is 12.8. The summed E-state index contributed by atoms with van der Waals surface area (Å²) in [6.07, 6.45) is 5.12. The molecular formula is C18H19NO4. The molecule has 0 saturated carbocycles. The van der Waals surface area contributed by atoms with Crippen molar-refractivity contribution in [2.75, 3.05) is 13.2 Å². The highest BCUT2D eigenvalue weighted by molar-refractivity contribution is 5.88. The van der Waals surface area contributed by atoms with Gasteiger partial charge >= 0.3 is 5.97 Å². The summed E-state index contributed by atoms with van der Waals surface area (Å²) in [6, 6.07) is 9.18. The van der Waals surface area contributed by atoms with Gasteiger partial charge in [0.1, 0.15) is 5.56 Å². The van der Waals surface area contributed by atoms with Crippen LogP contribution in [0.15, 0.2) is 47.5 Å². The molecule has 23 heavy (non-hydrogen) atoms. The second-order valence-corrected chi connectivity index (χ2v) is 5.84. The Labute approximate surface area is 134 Å². The summed E-state index contributed by atoms with van der Waals surface area (Å²) >= 11 is 0. The molecule has 0 aliphatic carbocycles. The van der Waals surface area contributed by atoms with Crippen molar-refractivity contribution in [1.29, 1.82) is 0 Å². The Bertz CT molecular complexity index is 745. The Morgan fingerprint density at radius 2 is 1.87 bits per heavy atom. The molecule has 0 unspecified atom stereocenters. The summed E-state index contributed by atoms with van der Waals surface area (Å²) in [5.74, 6) is -0.745. The van der Waals surface area contributed by atoms with Crippen LogP contribution in [0.4, 0.5) is 0 Å². The summed E-state index contributed by atoms with van der Waals surface area (Å²) < 4.78 is 7.19. The van der Waals surface area contributed by atoms with Crippen LogP contribution < -0.4 is 5.43 Å². The van der Waals surface area contributed by atoms with Crippen molar-refractivity contribution in [1.82, 2.24) is 4.57 Å². The maximum absolute atomic E-state index is 12.4. The van der Waals surface area contributed by atoms with Crippen LogP contribution in [-0.4, -0.2) is 28.9 Å². The fraction of sp³-hybridized carbons (Fsp3) is 0.333. The molecule has 120 valence electrons. The third-order valence-corrected chi connectivity index (χ3v) is 4.20. The van der Waals surface area contributed by atoms with Gasteiger partial charge in [0, 0.05) is 37.7 Å². The maximum Gasteiger partial charge on any atom is 0.341 e. The number of hydrogen-bond acceptors (Lipinski definition) is 3. The van der Waals surface area contributed by atoms with Crippen LogP contribution in [0.2, 0.25) is 0 Å². The van der Waals surface area contributed by atoms with Gasteiger partial charge in [0.05, 0.1) is 0 Å². The van der Waals surface area contributed by atoms with E-state index >= 15 is 0 Å². The van der Waals surface area contributed by atoms with Crippen molar-refractivity contribution >= 4 is 5.97 Å². The molecule has 0 amide bonds. The van der Waals surface area contributed by atoms with E-state index in [0.717, 1.165) is 31.6 Å². The summed E-state index contributed by atoms with van der Waals surface area (Å²) in [6.45, 7) is 2.17. The Kier molecular flexibility index (Phi) is 4.57. The molecule has 0 radical (unpaired) electrons. The van der Waals surface area contributed by atoms with Gasteiger partial charge in [0.15, 0.2) is 0 Å². The number of carboxylic acids is 1. The van der Waals surface area contributed by atoms with Gasteiger partial charge in [0.2, 0.25) is 5.43 Å². The molecule has 2 heterocycles. The number of benzene rings is 1. The standard InChI is InChI=1S/C18H19NO4/c20-17-15(14-4-2-1-3-5-14)11-19(12-16(17)18(21)22)10-13-6-8-23-9-7-13/h1-5,11-13H,6-10H2,(H,21,22). The van der Waals surface area contributed by atoms with Crippen LogP contribution in [0.5, 0.6) is 0 Å². The van der Waals surface area contributed by atoms with E-state index in [4.69, 9.17) is 4.74 Å². The van der Waals surface area contributed by atoms with Gasteiger partial charge in [-0.15, -0.1) is 0 Å². The number of ether oxygens (including phenoxy) is 1. The number of carboxylic acid groups (broad SMARTS) is 1. The largest absolute Gasteiger partial charge is 0.477 e. The zero-order chi connectivity index (χ0) is 16.2. The number of carbonyl (C=O) groups is 1. The van der Waals surface area contributed by atoms with E-state index in [2.05, 4.69) is 0 Å². The highest BCUT2D eigenvalue weighted by Gasteiger charge is 2.18. The summed E-state index contributed by atoms with van der Waals surface area (Å²) in [5, 5.41) is 9.33. The molecule has 1 aromatic carbocycles. The van der Waals surface area contributed by atoms with Crippen LogP contribution in [0.1, 0.15) is 23.2 Å². The number of nitrogens with zero attached hydrogens (tertiary/aromatic N) is 1. The van der Waals surface area contributed by atoms with Crippen LogP contribution in [-0.2, 0) is 11.3 Å². The predicted octanol–water partition coefficient (Wildman–Crippen LogP) is 2.64. The molecule has 1 fully saturated rings. The van der Waals surface area contributed by atoms with Gasteiger partial charge in [0.25, 0.3) is 0 Å². The van der Waals surface area contributed by atoms with E-state index in [0.29, 0.717) is 18.0 Å². The first kappa shape index (κ1) is 15.5. The van der Waals surface area contributed by atoms with Crippen LogP contribution in [0.25, 0.3) is 11.1 Å². The number of aromatic carboxylic acids is 1. The van der Waals surface area contributed by atoms with Crippen molar-refractivity contribution < 1.29 is 14.6 Å². The Morgan fingerprint density at radius 3 is 2.52 bits per heavy atom. The average Bonchev–Trinajstić information content (AvgIpc) is 2.58. The van der Waals surface area contributed by atoms with Crippen LogP contribution in [0.3, 0.4) is 0 Å². The lowest BCUT2D eigenvalue weighted by atomic mass is 9.99. The Hall–Kier alpha value is -2.40. The Balaban J connectivity index is 2.01. The highest BCUT2D eigenvalue weighted by Crippen LogP contribution is 2.20. The first-order valence-corrected chi connectivity index (χ1v) is 7.75. The van der Waals surface area contributed by atoms with Gasteiger partial charge in [-0.05, 0) is 24.3 Å². The van der Waals surface area contributed by atoms with Crippen LogP contribution >= 0.6 is 0 Å². The highest BCUT2D eigenvalue weighted by atomic mass is 16.5. The van der Waals surface area contributed by atoms with Crippen molar-refractivity contribution in [3.63, 3.8) is 0 Å². The van der Waals surface area contributed by atoms with Crippen molar-refractivity contribution in [2.45, 2.75) is 19.4 Å². The third kappa shape index (κ3) is 3.51. The number of aromatic nitrogens is 1. The molecule has 5 nitrogen and oxygen atoms in total. The van der Waals surface area contributed by atoms with Gasteiger partial charge < -0.3 is 14.4 Å². The molecule has 0 bridgehead atoms. The van der Waals surface area contributed by atoms with Crippen molar-refractivity contribution in [3.8, 4) is 11.1 Å². The normalized spacial score (nSPS) is 15.5. The fourth-order valence-corrected chi connectivity index (χ4v) is 2.94. The van der Waals surface area contributed by atoms with E-state index in [1.165, 1.54) is 6.20 Å². The maximum atomic E-state index is 12.4. The zero-order valence-electron chi connectivity index (χ0n) is 12.8. The quantitative estimate of drug-likeness (QED) is 0.942. The molecular weight excluding hydrogens is 294 g/mol. The predicted molar refractivity (Wildman–Crippen MR) is 86.6 cm³/mol. The van der Waals surface area contributed by atoms with Gasteiger partial charge in [-0.1, -0.05) is 30.3 Å². The van der Waals surface area contributed by atoms with Gasteiger partial charge in [-0.3, -0.25) is 4.79 Å². The second kappa shape index (κ2) is 6.79. The second-order valence-electron chi connectivity index (χ2n) is 5.84. The summed E-state index contributed by atoms with van der Waals surface area (Å²) in [5.41, 5.74) is 0.546. The van der Waals surface area contributed by atoms with Gasteiger partial charge in [-0.25, -0.2) is 4.79 Å². The first-order valence-electron chi connectivity index (χ1n) is 7.75. The lowest BCUT2D eigenvalue weighted by Gasteiger charge is -2.23. The summed E-state index contributed by atoms with van der Waals surface area (Å²) in [7, 11) is 0. The average molecular weight is 313 g/mol.